The molecule has 3 atom stereocenters. The summed E-state index contributed by atoms with van der Waals surface area (Å²) in [6.07, 6.45) is 67.3. The van der Waals surface area contributed by atoms with Crippen molar-refractivity contribution in [1.29, 1.82) is 0 Å². The van der Waals surface area contributed by atoms with Gasteiger partial charge in [0.05, 0.1) is 0 Å². The zero-order valence-electron chi connectivity index (χ0n) is 78.9. The minimum absolute atomic E-state index is 0.500. The second-order valence-electron chi connectivity index (χ2n) is 46.1. The van der Waals surface area contributed by atoms with Crippen molar-refractivity contribution in [3.63, 3.8) is 0 Å². The van der Waals surface area contributed by atoms with Gasteiger partial charge in [0.25, 0.3) is 0 Å². The van der Waals surface area contributed by atoms with Crippen molar-refractivity contribution in [2.75, 3.05) is 0 Å². The average Bonchev–Trinajstić information content (AvgIpc) is 1.15. The lowest BCUT2D eigenvalue weighted by molar-refractivity contribution is 0.0286. The quantitative estimate of drug-likeness (QED) is 0.257. The summed E-state index contributed by atoms with van der Waals surface area (Å²) in [5, 5.41) is 0. The van der Waals surface area contributed by atoms with Crippen molar-refractivity contribution in [3.8, 4) is 0 Å². The van der Waals surface area contributed by atoms with E-state index in [-0.39, 0.29) is 0 Å². The third kappa shape index (κ3) is 51.5. The molecule has 0 radical (unpaired) electrons. The summed E-state index contributed by atoms with van der Waals surface area (Å²) in [4.78, 5) is 0. The molecule has 10 saturated carbocycles. The predicted molar refractivity (Wildman–Crippen MR) is 474 cm³/mol. The molecule has 616 valence electrons. The molecule has 10 aliphatic carbocycles. The van der Waals surface area contributed by atoms with Crippen LogP contribution in [-0.4, -0.2) is 0 Å². The SMILES string of the molecule is CC(C)(C)C.CC(C)(C)C1(C)CCCCC1.CC(C)(C)C1CCCCC1.CC(C1CCCCC1)C1CCCCC1.CC1(C)CCCCC1.CC1C(C)(C)CCCC1(C)C.CC1CC1.CC1CCCC(C)C1C.CC1CCCCC1.CCC(C)(C)C.CCC(C)(CC)CC.C[C@H]1CCCCC1(C)C. The van der Waals surface area contributed by atoms with Gasteiger partial charge in [-0.05, 0) is 177 Å². The van der Waals surface area contributed by atoms with Crippen LogP contribution in [0.2, 0.25) is 0 Å². The topological polar surface area (TPSA) is 0 Å². The van der Waals surface area contributed by atoms with Gasteiger partial charge in [-0.2, -0.15) is 0 Å². The molecule has 0 bridgehead atoms. The van der Waals surface area contributed by atoms with Crippen LogP contribution in [0.5, 0.6) is 0 Å². The third-order valence-corrected chi connectivity index (χ3v) is 30.1. The molecule has 0 aromatic carbocycles. The van der Waals surface area contributed by atoms with E-state index in [1.165, 1.54) is 295 Å². The standard InChI is InChI=1S/C14H26.2C11H22.C10H20.2C9H18.C8H16.C8H18.C7H14.C6H14.C5H12.C4H8/c1-12(13-8-4-2-5-9-13)14-10-6-3-7-11-14;1-9-10(2,3)7-6-8-11(9,4)5;1-10(2,3)11(4)8-6-5-7-9-11;1-10(2,3)9-7-5-4-6-8-9;1-8-6-4-5-7-9(8,2)3;1-7-5-4-6-8(2)9(7)3;1-8(2)6-4-3-5-7-8;1-5-8(4,6-2)7-3;1-7-5-3-2-4-6-7;1-5-6(2,3)4;1-5(2,3)4;1-4-2-3-4/h12-14H,2-11H2,1H3;9H,6-8H2,1-5H3;5-9H2,1-4H3;9H,4-8H2,1-3H3;8H,4-7H2,1-3H3;7-9H,4-6H2,1-3H3;3-7H2,1-2H3;5-7H2,1-4H3;7H,2-6H2,1H3;5H2,1-4H3;1-4H3;4H,2-3H2,1H3/t;;;;8-;;;;;;;/m....0......./s1. The Bertz CT molecular complexity index is 1820. The lowest BCUT2D eigenvalue weighted by atomic mass is 9.58. The molecule has 10 aliphatic rings. The Morgan fingerprint density at radius 2 is 0.618 bits per heavy atom. The molecule has 0 amide bonds. The largest absolute Gasteiger partial charge is 0.0649 e. The Morgan fingerprint density at radius 3 is 0.824 bits per heavy atom. The fourth-order valence-corrected chi connectivity index (χ4v) is 17.5. The monoisotopic (exact) mass is 1430 g/mol. The van der Waals surface area contributed by atoms with Gasteiger partial charge in [-0.3, -0.25) is 0 Å². The van der Waals surface area contributed by atoms with E-state index in [2.05, 4.69) is 242 Å². The summed E-state index contributed by atoms with van der Waals surface area (Å²) in [6.45, 7) is 82.0. The Hall–Kier alpha value is 0. The maximum absolute atomic E-state index is 2.55. The smallest absolute Gasteiger partial charge is 0.0277 e. The van der Waals surface area contributed by atoms with Crippen molar-refractivity contribution in [3.05, 3.63) is 0 Å². The van der Waals surface area contributed by atoms with Crippen molar-refractivity contribution in [2.24, 2.45) is 119 Å². The molecular formula is C102H208. The Labute approximate surface area is 653 Å². The highest BCUT2D eigenvalue weighted by atomic mass is 14.5. The second-order valence-corrected chi connectivity index (χ2v) is 46.1. The number of hydrogen-bond donors (Lipinski definition) is 0. The molecule has 0 heteroatoms. The van der Waals surface area contributed by atoms with Crippen LogP contribution in [0.4, 0.5) is 0 Å². The second kappa shape index (κ2) is 52.3. The minimum Gasteiger partial charge on any atom is -0.0649 e. The molecule has 0 aromatic heterocycles. The van der Waals surface area contributed by atoms with Crippen LogP contribution in [0.3, 0.4) is 0 Å². The van der Waals surface area contributed by atoms with Crippen LogP contribution in [0.15, 0.2) is 0 Å². The first-order chi connectivity index (χ1) is 46.9. The zero-order chi connectivity index (χ0) is 78.9. The number of hydrogen-bond acceptors (Lipinski definition) is 0. The fourth-order valence-electron chi connectivity index (χ4n) is 17.5. The van der Waals surface area contributed by atoms with Crippen molar-refractivity contribution in [2.45, 2.75) is 538 Å². The lowest BCUT2D eigenvalue weighted by Crippen LogP contribution is -2.38. The van der Waals surface area contributed by atoms with E-state index >= 15 is 0 Å². The summed E-state index contributed by atoms with van der Waals surface area (Å²) >= 11 is 0. The molecular weight excluding hydrogens is 1230 g/mol. The van der Waals surface area contributed by atoms with E-state index in [0.717, 1.165) is 65.1 Å². The van der Waals surface area contributed by atoms with E-state index in [0.29, 0.717) is 54.1 Å². The van der Waals surface area contributed by atoms with E-state index in [1.54, 1.807) is 0 Å². The molecule has 0 spiro atoms. The molecule has 0 nitrogen and oxygen atoms in total. The maximum atomic E-state index is 2.55. The average molecular weight is 1430 g/mol. The van der Waals surface area contributed by atoms with Gasteiger partial charge in [-0.15, -0.1) is 0 Å². The normalized spacial score (nSPS) is 26.1. The summed E-state index contributed by atoms with van der Waals surface area (Å²) in [5.74, 6) is 11.1. The summed E-state index contributed by atoms with van der Waals surface area (Å²) in [6, 6.07) is 0. The molecule has 10 fully saturated rings. The van der Waals surface area contributed by atoms with Crippen LogP contribution in [0.1, 0.15) is 538 Å². The molecule has 0 N–H and O–H groups in total. The molecule has 10 rings (SSSR count). The van der Waals surface area contributed by atoms with Gasteiger partial charge < -0.3 is 0 Å². The molecule has 0 saturated heterocycles. The molecule has 0 aromatic rings. The number of rotatable bonds is 5. The lowest BCUT2D eigenvalue weighted by Gasteiger charge is -2.47. The van der Waals surface area contributed by atoms with Gasteiger partial charge in [0, 0.05) is 0 Å². The zero-order valence-corrected chi connectivity index (χ0v) is 78.9. The highest BCUT2D eigenvalue weighted by molar-refractivity contribution is 4.91. The summed E-state index contributed by atoms with van der Waals surface area (Å²) in [7, 11) is 0. The van der Waals surface area contributed by atoms with E-state index in [4.69, 9.17) is 0 Å². The highest BCUT2D eigenvalue weighted by Gasteiger charge is 2.41. The van der Waals surface area contributed by atoms with Crippen molar-refractivity contribution >= 4 is 0 Å². The Balaban J connectivity index is 0. The van der Waals surface area contributed by atoms with Crippen molar-refractivity contribution in [1.82, 2.24) is 0 Å². The van der Waals surface area contributed by atoms with Crippen LogP contribution < -0.4 is 0 Å². The van der Waals surface area contributed by atoms with Gasteiger partial charge in [-0.1, -0.05) is 480 Å². The van der Waals surface area contributed by atoms with Gasteiger partial charge in [0.1, 0.15) is 0 Å². The molecule has 0 aliphatic heterocycles. The summed E-state index contributed by atoms with van der Waals surface area (Å²) < 4.78 is 0. The highest BCUT2D eigenvalue weighted by Crippen LogP contribution is 2.51. The molecule has 0 heterocycles. The van der Waals surface area contributed by atoms with Gasteiger partial charge >= 0.3 is 0 Å². The van der Waals surface area contributed by atoms with Gasteiger partial charge in [0.15, 0.2) is 0 Å². The van der Waals surface area contributed by atoms with E-state index < -0.39 is 0 Å². The molecule has 2 unspecified atom stereocenters. The van der Waals surface area contributed by atoms with Crippen LogP contribution in [-0.2, 0) is 0 Å². The first-order valence-electron chi connectivity index (χ1n) is 46.9. The molecule has 102 heavy (non-hydrogen) atoms. The first-order valence-corrected chi connectivity index (χ1v) is 46.9. The Kier molecular flexibility index (Phi) is 53.3. The Morgan fingerprint density at radius 1 is 0.314 bits per heavy atom. The van der Waals surface area contributed by atoms with Gasteiger partial charge in [-0.25, -0.2) is 0 Å². The van der Waals surface area contributed by atoms with E-state index in [9.17, 15) is 0 Å². The fraction of sp³-hybridized carbons (Fsp3) is 1.00. The maximum Gasteiger partial charge on any atom is -0.0277 e. The van der Waals surface area contributed by atoms with Crippen LogP contribution in [0.25, 0.3) is 0 Å². The van der Waals surface area contributed by atoms with Crippen LogP contribution >= 0.6 is 0 Å². The summed E-state index contributed by atoms with van der Waals surface area (Å²) in [5.41, 5.74) is 5.82. The van der Waals surface area contributed by atoms with Crippen LogP contribution in [0, 0.1) is 119 Å². The first kappa shape index (κ1) is 104. The van der Waals surface area contributed by atoms with E-state index in [1.807, 2.05) is 0 Å². The third-order valence-electron chi connectivity index (χ3n) is 30.1. The van der Waals surface area contributed by atoms with Gasteiger partial charge in [0.2, 0.25) is 0 Å². The van der Waals surface area contributed by atoms with Crippen molar-refractivity contribution < 1.29 is 0 Å². The minimum atomic E-state index is 0.500. The predicted octanol–water partition coefficient (Wildman–Crippen LogP) is 37.3.